The molecule has 152 valence electrons. The number of methoxy groups -OCH3 is 1. The Morgan fingerprint density at radius 1 is 1.21 bits per heavy atom. The Bertz CT molecular complexity index is 859. The van der Waals surface area contributed by atoms with Gasteiger partial charge in [0.15, 0.2) is 0 Å². The number of hydrogen-bond acceptors (Lipinski definition) is 3. The van der Waals surface area contributed by atoms with Gasteiger partial charge in [0.1, 0.15) is 0 Å². The number of piperidine rings is 2. The van der Waals surface area contributed by atoms with Gasteiger partial charge in [-0.25, -0.2) is 0 Å². The average molecular weight is 384 g/mol. The highest BCUT2D eigenvalue weighted by Crippen LogP contribution is 2.39. The first kappa shape index (κ1) is 19.5. The fourth-order valence-electron chi connectivity index (χ4n) is 5.20. The molecule has 1 unspecified atom stereocenters. The van der Waals surface area contributed by atoms with Crippen molar-refractivity contribution in [1.82, 2.24) is 14.8 Å². The minimum atomic E-state index is 0.245. The number of H-pyrrole nitrogens is 1. The highest BCUT2D eigenvalue weighted by Gasteiger charge is 2.41. The van der Waals surface area contributed by atoms with Crippen molar-refractivity contribution in [3.05, 3.63) is 35.0 Å². The summed E-state index contributed by atoms with van der Waals surface area (Å²) in [7, 11) is 1.71. The standard InChI is InChI=1S/C23H33N3O2/c1-17-18(2)24-22-19(6-4-7-20(17)22)14-25-11-5-9-23(15-25)10-8-21(27)26(16-23)12-13-28-3/h4,6-7,24H,5,8-16H2,1-3H3. The minimum absolute atomic E-state index is 0.245. The van der Waals surface area contributed by atoms with E-state index in [-0.39, 0.29) is 5.41 Å². The number of carbonyl (C=O) groups excluding carboxylic acids is 1. The summed E-state index contributed by atoms with van der Waals surface area (Å²) in [6.45, 7) is 9.78. The second-order valence-electron chi connectivity index (χ2n) is 8.84. The second-order valence-corrected chi connectivity index (χ2v) is 8.84. The van der Waals surface area contributed by atoms with Crippen LogP contribution in [0.3, 0.4) is 0 Å². The topological polar surface area (TPSA) is 48.6 Å². The van der Waals surface area contributed by atoms with Crippen molar-refractivity contribution in [2.45, 2.75) is 46.1 Å². The van der Waals surface area contributed by atoms with Gasteiger partial charge >= 0.3 is 0 Å². The number of amides is 1. The number of rotatable bonds is 5. The summed E-state index contributed by atoms with van der Waals surface area (Å²) in [5.41, 5.74) is 5.53. The number of likely N-dealkylation sites (tertiary alicyclic amines) is 2. The summed E-state index contributed by atoms with van der Waals surface area (Å²) < 4.78 is 5.21. The molecule has 4 rings (SSSR count). The molecular formula is C23H33N3O2. The van der Waals surface area contributed by atoms with E-state index in [9.17, 15) is 4.79 Å². The predicted molar refractivity (Wildman–Crippen MR) is 112 cm³/mol. The third-order valence-electron chi connectivity index (χ3n) is 6.88. The second kappa shape index (κ2) is 7.88. The average Bonchev–Trinajstić information content (AvgIpc) is 2.98. The monoisotopic (exact) mass is 383 g/mol. The number of hydrogen-bond donors (Lipinski definition) is 1. The van der Waals surface area contributed by atoms with Crippen LogP contribution in [0.15, 0.2) is 18.2 Å². The van der Waals surface area contributed by atoms with Gasteiger partial charge in [0.05, 0.1) is 12.1 Å². The van der Waals surface area contributed by atoms with Crippen LogP contribution in [-0.4, -0.2) is 60.6 Å². The van der Waals surface area contributed by atoms with E-state index in [4.69, 9.17) is 4.74 Å². The number of nitrogens with zero attached hydrogens (tertiary/aromatic N) is 2. The number of aryl methyl sites for hydroxylation is 2. The third-order valence-corrected chi connectivity index (χ3v) is 6.88. The summed E-state index contributed by atoms with van der Waals surface area (Å²) in [6, 6.07) is 6.66. The van der Waals surface area contributed by atoms with E-state index >= 15 is 0 Å². The molecule has 1 aromatic heterocycles. The predicted octanol–water partition coefficient (Wildman–Crippen LogP) is 3.64. The molecule has 3 heterocycles. The minimum Gasteiger partial charge on any atom is -0.383 e. The Labute approximate surface area is 168 Å². The van der Waals surface area contributed by atoms with Gasteiger partial charge in [0.25, 0.3) is 0 Å². The zero-order valence-electron chi connectivity index (χ0n) is 17.5. The van der Waals surface area contributed by atoms with Crippen LogP contribution < -0.4 is 0 Å². The molecule has 2 aliphatic rings. The molecule has 2 aliphatic heterocycles. The van der Waals surface area contributed by atoms with E-state index in [1.165, 1.54) is 40.6 Å². The highest BCUT2D eigenvalue weighted by atomic mass is 16.5. The molecule has 0 radical (unpaired) electrons. The van der Waals surface area contributed by atoms with Crippen molar-refractivity contribution in [1.29, 1.82) is 0 Å². The molecule has 2 saturated heterocycles. The molecule has 28 heavy (non-hydrogen) atoms. The van der Waals surface area contributed by atoms with Gasteiger partial charge in [-0.05, 0) is 50.8 Å². The molecule has 1 N–H and O–H groups in total. The number of para-hydroxylation sites is 1. The van der Waals surface area contributed by atoms with Crippen molar-refractivity contribution >= 4 is 16.8 Å². The number of aromatic amines is 1. The Hall–Kier alpha value is -1.85. The molecule has 0 saturated carbocycles. The lowest BCUT2D eigenvalue weighted by molar-refractivity contribution is -0.140. The largest absolute Gasteiger partial charge is 0.383 e. The lowest BCUT2D eigenvalue weighted by Gasteiger charge is -2.48. The van der Waals surface area contributed by atoms with Gasteiger partial charge in [-0.15, -0.1) is 0 Å². The van der Waals surface area contributed by atoms with Crippen molar-refractivity contribution in [2.24, 2.45) is 5.41 Å². The van der Waals surface area contributed by atoms with Gasteiger partial charge in [-0.1, -0.05) is 18.2 Å². The maximum Gasteiger partial charge on any atom is 0.222 e. The smallest absolute Gasteiger partial charge is 0.222 e. The van der Waals surface area contributed by atoms with E-state index in [0.717, 1.165) is 39.1 Å². The van der Waals surface area contributed by atoms with Crippen LogP contribution >= 0.6 is 0 Å². The quantitative estimate of drug-likeness (QED) is 0.858. The molecule has 1 amide bonds. The van der Waals surface area contributed by atoms with E-state index in [0.29, 0.717) is 18.9 Å². The first-order chi connectivity index (χ1) is 13.5. The summed E-state index contributed by atoms with van der Waals surface area (Å²) >= 11 is 0. The Balaban J connectivity index is 1.50. The van der Waals surface area contributed by atoms with Crippen LogP contribution in [0.1, 0.15) is 42.5 Å². The lowest BCUT2D eigenvalue weighted by Crippen LogP contribution is -2.54. The number of benzene rings is 1. The van der Waals surface area contributed by atoms with Gasteiger partial charge in [-0.2, -0.15) is 0 Å². The molecule has 0 bridgehead atoms. The van der Waals surface area contributed by atoms with Crippen LogP contribution in [-0.2, 0) is 16.1 Å². The zero-order chi connectivity index (χ0) is 19.7. The van der Waals surface area contributed by atoms with Crippen LogP contribution in [0.25, 0.3) is 10.9 Å². The number of fused-ring (bicyclic) bond motifs is 1. The SMILES string of the molecule is COCCN1CC2(CCCN(Cc3cccc4c(C)c(C)[nH]c34)C2)CCC1=O. The Morgan fingerprint density at radius 3 is 2.89 bits per heavy atom. The van der Waals surface area contributed by atoms with Crippen LogP contribution in [0.5, 0.6) is 0 Å². The number of ether oxygens (including phenoxy) is 1. The van der Waals surface area contributed by atoms with Crippen molar-refractivity contribution in [3.8, 4) is 0 Å². The maximum absolute atomic E-state index is 12.3. The molecule has 0 aliphatic carbocycles. The number of carbonyl (C=O) groups is 1. The lowest BCUT2D eigenvalue weighted by atomic mass is 9.73. The van der Waals surface area contributed by atoms with E-state index in [2.05, 4.69) is 41.9 Å². The van der Waals surface area contributed by atoms with Gasteiger partial charge in [0, 0.05) is 56.2 Å². The molecule has 2 aromatic rings. The third kappa shape index (κ3) is 3.70. The van der Waals surface area contributed by atoms with Crippen LogP contribution in [0, 0.1) is 19.3 Å². The fourth-order valence-corrected chi connectivity index (χ4v) is 5.20. The van der Waals surface area contributed by atoms with Crippen LogP contribution in [0.2, 0.25) is 0 Å². The molecule has 1 atom stereocenters. The molecule has 2 fully saturated rings. The first-order valence-corrected chi connectivity index (χ1v) is 10.6. The molecule has 5 nitrogen and oxygen atoms in total. The number of aromatic nitrogens is 1. The van der Waals surface area contributed by atoms with Crippen molar-refractivity contribution < 1.29 is 9.53 Å². The highest BCUT2D eigenvalue weighted by molar-refractivity contribution is 5.87. The van der Waals surface area contributed by atoms with E-state index < -0.39 is 0 Å². The molecular weight excluding hydrogens is 350 g/mol. The van der Waals surface area contributed by atoms with Gasteiger partial charge < -0.3 is 14.6 Å². The summed E-state index contributed by atoms with van der Waals surface area (Å²) in [6.07, 6.45) is 4.15. The first-order valence-electron chi connectivity index (χ1n) is 10.6. The summed E-state index contributed by atoms with van der Waals surface area (Å²) in [4.78, 5) is 20.6. The van der Waals surface area contributed by atoms with Crippen LogP contribution in [0.4, 0.5) is 0 Å². The van der Waals surface area contributed by atoms with E-state index in [1.54, 1.807) is 7.11 Å². The zero-order valence-corrected chi connectivity index (χ0v) is 17.5. The van der Waals surface area contributed by atoms with E-state index in [1.807, 2.05) is 4.90 Å². The maximum atomic E-state index is 12.3. The van der Waals surface area contributed by atoms with Gasteiger partial charge in [-0.3, -0.25) is 9.69 Å². The Kier molecular flexibility index (Phi) is 5.48. The van der Waals surface area contributed by atoms with Crippen molar-refractivity contribution in [3.63, 3.8) is 0 Å². The van der Waals surface area contributed by atoms with Crippen molar-refractivity contribution in [2.75, 3.05) is 39.9 Å². The molecule has 1 aromatic carbocycles. The Morgan fingerprint density at radius 2 is 2.07 bits per heavy atom. The fraction of sp³-hybridized carbons (Fsp3) is 0.609. The van der Waals surface area contributed by atoms with Gasteiger partial charge in [0.2, 0.25) is 5.91 Å². The number of nitrogens with one attached hydrogen (secondary N) is 1. The molecule has 5 heteroatoms. The summed E-state index contributed by atoms with van der Waals surface area (Å²) in [5, 5.41) is 1.34. The molecule has 1 spiro atoms. The normalized spacial score (nSPS) is 23.8. The summed E-state index contributed by atoms with van der Waals surface area (Å²) in [5.74, 6) is 0.293.